The molecule has 0 radical (unpaired) electrons. The Kier molecular flexibility index (Phi) is 6.86. The van der Waals surface area contributed by atoms with Crippen LogP contribution in [0.5, 0.6) is 5.75 Å². The summed E-state index contributed by atoms with van der Waals surface area (Å²) < 4.78 is 42.4. The molecule has 0 aliphatic carbocycles. The lowest BCUT2D eigenvalue weighted by Crippen LogP contribution is -2.52. The number of rotatable bonds is 7. The van der Waals surface area contributed by atoms with Gasteiger partial charge >= 0.3 is 0 Å². The molecule has 37 heavy (non-hydrogen) atoms. The van der Waals surface area contributed by atoms with Crippen LogP contribution in [0.15, 0.2) is 27.9 Å². The molecule has 3 aromatic rings. The first-order valence-electron chi connectivity index (χ1n) is 12.8. The molecule has 1 N–H and O–H groups in total. The van der Waals surface area contributed by atoms with E-state index in [1.54, 1.807) is 23.6 Å². The van der Waals surface area contributed by atoms with Crippen molar-refractivity contribution in [3.63, 3.8) is 0 Å². The van der Waals surface area contributed by atoms with Gasteiger partial charge in [0.2, 0.25) is 10.0 Å². The Morgan fingerprint density at radius 3 is 2.76 bits per heavy atom. The van der Waals surface area contributed by atoms with Crippen molar-refractivity contribution in [2.24, 2.45) is 0 Å². The van der Waals surface area contributed by atoms with Crippen LogP contribution >= 0.6 is 0 Å². The fourth-order valence-electron chi connectivity index (χ4n) is 5.32. The molecule has 0 bridgehead atoms. The van der Waals surface area contributed by atoms with Gasteiger partial charge in [-0.25, -0.2) is 17.9 Å². The molecule has 2 saturated heterocycles. The van der Waals surface area contributed by atoms with Gasteiger partial charge in [0.15, 0.2) is 11.3 Å². The third-order valence-electron chi connectivity index (χ3n) is 7.08. The molecule has 0 saturated carbocycles. The van der Waals surface area contributed by atoms with E-state index in [-0.39, 0.29) is 16.3 Å². The molecule has 11 nitrogen and oxygen atoms in total. The van der Waals surface area contributed by atoms with E-state index in [1.807, 2.05) is 20.9 Å². The number of aromatic nitrogens is 4. The van der Waals surface area contributed by atoms with Crippen LogP contribution in [0.4, 0.5) is 0 Å². The zero-order valence-corrected chi connectivity index (χ0v) is 22.6. The number of aromatic amines is 1. The maximum atomic E-state index is 13.7. The van der Waals surface area contributed by atoms with Gasteiger partial charge in [0, 0.05) is 32.6 Å². The van der Waals surface area contributed by atoms with Crippen molar-refractivity contribution in [3.8, 4) is 17.1 Å². The zero-order valence-electron chi connectivity index (χ0n) is 21.8. The third-order valence-corrected chi connectivity index (χ3v) is 8.92. The number of imidazole rings is 1. The number of fused-ring (bicyclic) bond motifs is 1. The second kappa shape index (κ2) is 9.82. The summed E-state index contributed by atoms with van der Waals surface area (Å²) in [6.07, 6.45) is 2.15. The summed E-state index contributed by atoms with van der Waals surface area (Å²) in [5.41, 5.74) is 0.560. The number of benzene rings is 1. The van der Waals surface area contributed by atoms with Crippen molar-refractivity contribution in [3.05, 3.63) is 40.1 Å². The molecule has 2 aliphatic heterocycles. The fourth-order valence-corrected chi connectivity index (χ4v) is 6.86. The van der Waals surface area contributed by atoms with Crippen LogP contribution in [0.25, 0.3) is 16.9 Å². The maximum absolute atomic E-state index is 13.7. The van der Waals surface area contributed by atoms with Crippen LogP contribution in [0.2, 0.25) is 0 Å². The molecule has 12 heteroatoms. The van der Waals surface area contributed by atoms with E-state index in [2.05, 4.69) is 20.0 Å². The number of hydrogen-bond donors (Lipinski definition) is 1. The summed E-state index contributed by atoms with van der Waals surface area (Å²) in [7, 11) is -1.79. The quantitative estimate of drug-likeness (QED) is 0.491. The molecule has 1 unspecified atom stereocenters. The Bertz CT molecular complexity index is 1480. The lowest BCUT2D eigenvalue weighted by Gasteiger charge is -2.38. The summed E-state index contributed by atoms with van der Waals surface area (Å²) in [6, 6.07) is 4.70. The van der Waals surface area contributed by atoms with Crippen molar-refractivity contribution in [2.45, 2.75) is 50.5 Å². The molecule has 1 atom stereocenters. The number of sulfonamides is 1. The maximum Gasteiger partial charge on any atom is 0.277 e. The van der Waals surface area contributed by atoms with Gasteiger partial charge in [-0.2, -0.15) is 4.31 Å². The number of ether oxygens (including phenoxy) is 2. The lowest BCUT2D eigenvalue weighted by atomic mass is 10.0. The minimum Gasteiger partial charge on any atom is -0.493 e. The first kappa shape index (κ1) is 25.8. The standard InChI is InChI=1S/C25H34N6O5S/c1-5-7-21-26-17(3)22-24(32)27-23(28-31(21)22)19-14-18(8-9-20(19)35-6-2)37(33,34)30-11-10-25(16-30)15-29(4)12-13-36-25/h8-9,14H,5-7,10-13,15-16H2,1-4H3,(H,27,28,32). The molecule has 4 heterocycles. The normalized spacial score (nSPS) is 21.3. The summed E-state index contributed by atoms with van der Waals surface area (Å²) in [5.74, 6) is 1.35. The molecule has 2 aliphatic rings. The summed E-state index contributed by atoms with van der Waals surface area (Å²) >= 11 is 0. The highest BCUT2D eigenvalue weighted by atomic mass is 32.2. The van der Waals surface area contributed by atoms with Crippen molar-refractivity contribution in [2.75, 3.05) is 46.4 Å². The Morgan fingerprint density at radius 1 is 1.22 bits per heavy atom. The predicted octanol–water partition coefficient (Wildman–Crippen LogP) is 1.84. The molecule has 5 rings (SSSR count). The molecular formula is C25H34N6O5S. The Labute approximate surface area is 216 Å². The average Bonchev–Trinajstić information content (AvgIpc) is 3.41. The third kappa shape index (κ3) is 4.67. The number of aryl methyl sites for hydroxylation is 2. The van der Waals surface area contributed by atoms with Crippen molar-refractivity contribution in [1.29, 1.82) is 0 Å². The molecule has 200 valence electrons. The minimum absolute atomic E-state index is 0.116. The number of H-pyrrole nitrogens is 1. The average molecular weight is 531 g/mol. The van der Waals surface area contributed by atoms with E-state index < -0.39 is 15.6 Å². The van der Waals surface area contributed by atoms with E-state index in [4.69, 9.17) is 9.47 Å². The van der Waals surface area contributed by atoms with Gasteiger partial charge in [0.1, 0.15) is 11.6 Å². The number of hydrogen-bond acceptors (Lipinski definition) is 8. The Hall–Kier alpha value is -2.80. The van der Waals surface area contributed by atoms with Gasteiger partial charge in [-0.05, 0) is 51.9 Å². The monoisotopic (exact) mass is 530 g/mol. The second-order valence-corrected chi connectivity index (χ2v) is 11.8. The molecule has 1 spiro atoms. The molecule has 2 fully saturated rings. The van der Waals surface area contributed by atoms with E-state index >= 15 is 0 Å². The Morgan fingerprint density at radius 2 is 2.03 bits per heavy atom. The SMILES string of the molecule is CCCc1nc(C)c2c(=O)[nH]c(-c3cc(S(=O)(=O)N4CCC5(CN(C)CCO5)C4)ccc3OCC)nn12. The number of nitrogens with one attached hydrogen (secondary N) is 1. The lowest BCUT2D eigenvalue weighted by molar-refractivity contribution is -0.0922. The molecule has 2 aromatic heterocycles. The summed E-state index contributed by atoms with van der Waals surface area (Å²) in [6.45, 7) is 8.84. The minimum atomic E-state index is -3.82. The predicted molar refractivity (Wildman–Crippen MR) is 139 cm³/mol. The van der Waals surface area contributed by atoms with Gasteiger partial charge in [0.25, 0.3) is 5.56 Å². The highest BCUT2D eigenvalue weighted by Crippen LogP contribution is 2.35. The van der Waals surface area contributed by atoms with Crippen LogP contribution in [0, 0.1) is 6.92 Å². The molecular weight excluding hydrogens is 496 g/mol. The van der Waals surface area contributed by atoms with Crippen LogP contribution in [0.1, 0.15) is 38.2 Å². The first-order valence-corrected chi connectivity index (χ1v) is 14.2. The fraction of sp³-hybridized carbons (Fsp3) is 0.560. The van der Waals surface area contributed by atoms with Gasteiger partial charge in [-0.15, -0.1) is 5.10 Å². The second-order valence-electron chi connectivity index (χ2n) is 9.88. The van der Waals surface area contributed by atoms with Crippen molar-refractivity contribution >= 4 is 15.5 Å². The van der Waals surface area contributed by atoms with E-state index in [0.717, 1.165) is 13.0 Å². The summed E-state index contributed by atoms with van der Waals surface area (Å²) in [4.78, 5) is 22.7. The number of likely N-dealkylation sites (N-methyl/N-ethyl adjacent to an activating group) is 1. The van der Waals surface area contributed by atoms with Crippen LogP contribution in [-0.2, 0) is 21.2 Å². The molecule has 0 amide bonds. The Balaban J connectivity index is 1.56. The van der Waals surface area contributed by atoms with Gasteiger partial charge < -0.3 is 19.4 Å². The topological polar surface area (TPSA) is 122 Å². The van der Waals surface area contributed by atoms with Gasteiger partial charge in [0.05, 0.1) is 35.0 Å². The highest BCUT2D eigenvalue weighted by Gasteiger charge is 2.46. The van der Waals surface area contributed by atoms with Gasteiger partial charge in [-0.1, -0.05) is 6.92 Å². The van der Waals surface area contributed by atoms with Crippen LogP contribution in [-0.4, -0.2) is 89.2 Å². The van der Waals surface area contributed by atoms with E-state index in [1.165, 1.54) is 10.4 Å². The smallest absolute Gasteiger partial charge is 0.277 e. The largest absolute Gasteiger partial charge is 0.493 e. The number of morpholine rings is 1. The van der Waals surface area contributed by atoms with Gasteiger partial charge in [-0.3, -0.25) is 4.79 Å². The van der Waals surface area contributed by atoms with Crippen LogP contribution < -0.4 is 10.3 Å². The van der Waals surface area contributed by atoms with E-state index in [0.29, 0.717) is 74.0 Å². The van der Waals surface area contributed by atoms with Crippen molar-refractivity contribution < 1.29 is 17.9 Å². The van der Waals surface area contributed by atoms with Crippen molar-refractivity contribution in [1.82, 2.24) is 28.8 Å². The zero-order chi connectivity index (χ0) is 26.4. The van der Waals surface area contributed by atoms with E-state index in [9.17, 15) is 13.2 Å². The molecule has 1 aromatic carbocycles. The summed E-state index contributed by atoms with van der Waals surface area (Å²) in [5, 5.41) is 4.67. The number of nitrogens with zero attached hydrogens (tertiary/aromatic N) is 5. The van der Waals surface area contributed by atoms with Crippen LogP contribution in [0.3, 0.4) is 0 Å². The first-order chi connectivity index (χ1) is 17.7. The highest BCUT2D eigenvalue weighted by molar-refractivity contribution is 7.89.